The van der Waals surface area contributed by atoms with E-state index in [1.165, 1.54) is 0 Å². The molecule has 4 amide bonds. The van der Waals surface area contributed by atoms with Crippen LogP contribution in [0.3, 0.4) is 0 Å². The van der Waals surface area contributed by atoms with Gasteiger partial charge >= 0.3 is 12.2 Å². The molecule has 0 aliphatic rings. The molecular weight excluding hydrogens is 496 g/mol. The lowest BCUT2D eigenvalue weighted by Gasteiger charge is -2.27. The van der Waals surface area contributed by atoms with Crippen molar-refractivity contribution in [2.75, 3.05) is 25.1 Å². The van der Waals surface area contributed by atoms with Gasteiger partial charge in [-0.15, -0.1) is 0 Å². The first-order chi connectivity index (χ1) is 17.5. The largest absolute Gasteiger partial charge is 0.445 e. The van der Waals surface area contributed by atoms with Crippen LogP contribution in [0.2, 0.25) is 0 Å². The minimum Gasteiger partial charge on any atom is -0.445 e. The number of carbonyl (C=O) groups is 4. The molecule has 0 aliphatic heterocycles. The average Bonchev–Trinajstić information content (AvgIpc) is 2.85. The molecule has 0 heterocycles. The second kappa shape index (κ2) is 16.7. The summed E-state index contributed by atoms with van der Waals surface area (Å²) in [4.78, 5) is 50.1. The second-order valence-electron chi connectivity index (χ2n) is 9.63. The normalized spacial score (nSPS) is 13.5. The highest BCUT2D eigenvalue weighted by molar-refractivity contribution is 7.98. The zero-order chi connectivity index (χ0) is 27.8. The number of ether oxygens (including phenoxy) is 2. The highest BCUT2D eigenvalue weighted by atomic mass is 32.2. The van der Waals surface area contributed by atoms with Crippen LogP contribution < -0.4 is 21.3 Å². The summed E-state index contributed by atoms with van der Waals surface area (Å²) in [6, 6.07) is 7.65. The molecule has 0 spiro atoms. The monoisotopic (exact) mass is 538 g/mol. The van der Waals surface area contributed by atoms with Crippen LogP contribution in [0.1, 0.15) is 53.0 Å². The molecule has 4 N–H and O–H groups in total. The third-order valence-corrected chi connectivity index (χ3v) is 5.96. The first kappa shape index (κ1) is 32.1. The molecule has 1 aromatic rings. The Hall–Kier alpha value is -2.95. The van der Waals surface area contributed by atoms with Gasteiger partial charge < -0.3 is 30.7 Å². The van der Waals surface area contributed by atoms with Crippen LogP contribution in [0.15, 0.2) is 30.3 Å². The second-order valence-corrected chi connectivity index (χ2v) is 10.6. The first-order valence-corrected chi connectivity index (χ1v) is 13.9. The molecule has 0 aliphatic carbocycles. The van der Waals surface area contributed by atoms with Gasteiger partial charge in [0.15, 0.2) is 0 Å². The smallest absolute Gasteiger partial charge is 0.408 e. The number of rotatable bonds is 14. The Bertz CT molecular complexity index is 862. The number of amides is 4. The van der Waals surface area contributed by atoms with E-state index in [1.54, 1.807) is 32.5 Å². The molecule has 0 aromatic heterocycles. The molecule has 10 nitrogen and oxygen atoms in total. The highest BCUT2D eigenvalue weighted by Gasteiger charge is 2.30. The third kappa shape index (κ3) is 13.8. The fourth-order valence-corrected chi connectivity index (χ4v) is 3.62. The minimum absolute atomic E-state index is 0.149. The lowest BCUT2D eigenvalue weighted by atomic mass is 9.97. The molecule has 3 atom stereocenters. The van der Waals surface area contributed by atoms with Crippen molar-refractivity contribution in [1.82, 2.24) is 21.3 Å². The van der Waals surface area contributed by atoms with E-state index in [0.717, 1.165) is 5.56 Å². The lowest BCUT2D eigenvalue weighted by Crippen LogP contribution is -2.56. The molecule has 1 rings (SSSR count). The minimum atomic E-state index is -0.845. The van der Waals surface area contributed by atoms with Crippen molar-refractivity contribution in [3.63, 3.8) is 0 Å². The van der Waals surface area contributed by atoms with Crippen LogP contribution in [-0.4, -0.2) is 66.8 Å². The van der Waals surface area contributed by atoms with Gasteiger partial charge in [-0.3, -0.25) is 9.59 Å². The Morgan fingerprint density at radius 1 is 0.946 bits per heavy atom. The summed E-state index contributed by atoms with van der Waals surface area (Å²) in [7, 11) is 0. The number of alkyl carbamates (subject to hydrolysis) is 2. The van der Waals surface area contributed by atoms with Gasteiger partial charge in [0.05, 0.1) is 0 Å². The number of benzene rings is 1. The van der Waals surface area contributed by atoms with E-state index in [0.29, 0.717) is 18.6 Å². The van der Waals surface area contributed by atoms with Crippen molar-refractivity contribution in [2.24, 2.45) is 5.92 Å². The number of nitrogens with one attached hydrogen (secondary N) is 4. The zero-order valence-corrected chi connectivity index (χ0v) is 23.5. The molecule has 11 heteroatoms. The summed E-state index contributed by atoms with van der Waals surface area (Å²) >= 11 is 1.55. The van der Waals surface area contributed by atoms with E-state index in [1.807, 2.05) is 50.4 Å². The summed E-state index contributed by atoms with van der Waals surface area (Å²) in [6.45, 7) is 9.48. The number of hydrogen-bond donors (Lipinski definition) is 4. The summed E-state index contributed by atoms with van der Waals surface area (Å²) < 4.78 is 10.4. The summed E-state index contributed by atoms with van der Waals surface area (Å²) in [6.07, 6.45) is 1.66. The van der Waals surface area contributed by atoms with E-state index in [9.17, 15) is 19.2 Å². The Labute approximate surface area is 224 Å². The zero-order valence-electron chi connectivity index (χ0n) is 22.7. The molecule has 208 valence electrons. The van der Waals surface area contributed by atoms with Crippen LogP contribution >= 0.6 is 11.8 Å². The number of thioether (sulfide) groups is 1. The fourth-order valence-electron chi connectivity index (χ4n) is 3.14. The third-order valence-electron chi connectivity index (χ3n) is 5.32. The van der Waals surface area contributed by atoms with Gasteiger partial charge in [0.1, 0.15) is 24.3 Å². The Kier molecular flexibility index (Phi) is 14.5. The van der Waals surface area contributed by atoms with Gasteiger partial charge in [0.25, 0.3) is 0 Å². The fraction of sp³-hybridized carbons (Fsp3) is 0.615. The van der Waals surface area contributed by atoms with Crippen LogP contribution in [0.5, 0.6) is 0 Å². The van der Waals surface area contributed by atoms with Crippen LogP contribution in [-0.2, 0) is 25.7 Å². The van der Waals surface area contributed by atoms with E-state index >= 15 is 0 Å². The Morgan fingerprint density at radius 2 is 1.59 bits per heavy atom. The molecule has 0 saturated carbocycles. The summed E-state index contributed by atoms with van der Waals surface area (Å²) in [5, 5.41) is 10.7. The number of carbonyl (C=O) groups excluding carboxylic acids is 4. The molecule has 0 unspecified atom stereocenters. The SMILES string of the molecule is CC[C@H](C)[C@H](NC(=O)[C@H](CCSC)NC(=O)OC(C)(C)C)C(=O)NCCNC(=O)OCc1ccccc1. The first-order valence-electron chi connectivity index (χ1n) is 12.5. The van der Waals surface area contributed by atoms with Gasteiger partial charge in [-0.05, 0) is 50.7 Å². The average molecular weight is 539 g/mol. The maximum Gasteiger partial charge on any atom is 0.408 e. The van der Waals surface area contributed by atoms with E-state index in [-0.39, 0.29) is 31.5 Å². The summed E-state index contributed by atoms with van der Waals surface area (Å²) in [5.41, 5.74) is 0.168. The van der Waals surface area contributed by atoms with Crippen molar-refractivity contribution < 1.29 is 28.7 Å². The van der Waals surface area contributed by atoms with Gasteiger partial charge in [0, 0.05) is 13.1 Å². The van der Waals surface area contributed by atoms with Gasteiger partial charge in [-0.2, -0.15) is 11.8 Å². The van der Waals surface area contributed by atoms with Crippen LogP contribution in [0.25, 0.3) is 0 Å². The van der Waals surface area contributed by atoms with E-state index in [4.69, 9.17) is 9.47 Å². The summed E-state index contributed by atoms with van der Waals surface area (Å²) in [5.74, 6) is -0.346. The molecular formula is C26H42N4O6S. The van der Waals surface area contributed by atoms with Crippen molar-refractivity contribution in [3.05, 3.63) is 35.9 Å². The molecule has 0 saturated heterocycles. The van der Waals surface area contributed by atoms with Crippen molar-refractivity contribution in [1.29, 1.82) is 0 Å². The van der Waals surface area contributed by atoms with Gasteiger partial charge in [-0.1, -0.05) is 50.6 Å². The van der Waals surface area contributed by atoms with Gasteiger partial charge in [0.2, 0.25) is 11.8 Å². The Balaban J connectivity index is 2.61. The lowest BCUT2D eigenvalue weighted by molar-refractivity contribution is -0.131. The molecule has 0 radical (unpaired) electrons. The van der Waals surface area contributed by atoms with Crippen LogP contribution in [0, 0.1) is 5.92 Å². The molecule has 0 fully saturated rings. The van der Waals surface area contributed by atoms with E-state index in [2.05, 4.69) is 21.3 Å². The predicted molar refractivity (Wildman–Crippen MR) is 145 cm³/mol. The topological polar surface area (TPSA) is 135 Å². The standard InChI is InChI=1S/C26H42N4O6S/c1-7-18(2)21(30-22(31)20(13-16-37-6)29-25(34)36-26(3,4)5)23(32)27-14-15-28-24(33)35-17-19-11-9-8-10-12-19/h8-12,18,20-21H,7,13-17H2,1-6H3,(H,27,32)(H,28,33)(H,29,34)(H,30,31)/t18-,20-,21-/m0/s1. The quantitative estimate of drug-likeness (QED) is 0.267. The van der Waals surface area contributed by atoms with Crippen molar-refractivity contribution >= 4 is 35.8 Å². The molecule has 1 aromatic carbocycles. The Morgan fingerprint density at radius 3 is 2.19 bits per heavy atom. The maximum absolute atomic E-state index is 13.0. The molecule has 0 bridgehead atoms. The van der Waals surface area contributed by atoms with Crippen LogP contribution in [0.4, 0.5) is 9.59 Å². The molecule has 37 heavy (non-hydrogen) atoms. The highest BCUT2D eigenvalue weighted by Crippen LogP contribution is 2.11. The van der Waals surface area contributed by atoms with Crippen molar-refractivity contribution in [3.8, 4) is 0 Å². The van der Waals surface area contributed by atoms with Crippen molar-refractivity contribution in [2.45, 2.75) is 71.8 Å². The van der Waals surface area contributed by atoms with E-state index < -0.39 is 35.8 Å². The maximum atomic E-state index is 13.0. The number of hydrogen-bond acceptors (Lipinski definition) is 7. The van der Waals surface area contributed by atoms with Gasteiger partial charge in [-0.25, -0.2) is 9.59 Å². The predicted octanol–water partition coefficient (Wildman–Crippen LogP) is 3.21.